The highest BCUT2D eigenvalue weighted by molar-refractivity contribution is 7.22. The van der Waals surface area contributed by atoms with Crippen LogP contribution < -0.4 is 5.56 Å². The number of rotatable bonds is 2. The Labute approximate surface area is 181 Å². The number of nitrogens with one attached hydrogen (secondary N) is 2. The number of benzene rings is 1. The van der Waals surface area contributed by atoms with E-state index in [1.165, 1.54) is 23.3 Å². The Morgan fingerprint density at radius 2 is 1.94 bits per heavy atom. The minimum absolute atomic E-state index is 0.00124. The van der Waals surface area contributed by atoms with E-state index in [2.05, 4.69) is 9.97 Å². The van der Waals surface area contributed by atoms with Gasteiger partial charge in [-0.15, -0.1) is 11.3 Å². The predicted octanol–water partition coefficient (Wildman–Crippen LogP) is 3.84. The molecule has 1 amide bonds. The molecule has 4 aromatic rings. The molecule has 1 aliphatic rings. The number of hydrogen-bond donors (Lipinski definition) is 3. The van der Waals surface area contributed by atoms with Crippen LogP contribution in [0.1, 0.15) is 34.1 Å². The van der Waals surface area contributed by atoms with Crippen LogP contribution in [0.15, 0.2) is 29.1 Å². The summed E-state index contributed by atoms with van der Waals surface area (Å²) in [5.74, 6) is -2.70. The Morgan fingerprint density at radius 1 is 1.23 bits per heavy atom. The molecule has 3 aromatic heterocycles. The van der Waals surface area contributed by atoms with Gasteiger partial charge in [0.15, 0.2) is 17.9 Å². The fraction of sp³-hybridized carbons (Fsp3) is 0.200. The van der Waals surface area contributed by atoms with Crippen LogP contribution in [0.4, 0.5) is 8.78 Å². The van der Waals surface area contributed by atoms with E-state index in [0.717, 1.165) is 22.3 Å². The summed E-state index contributed by atoms with van der Waals surface area (Å²) in [5, 5.41) is 10.2. The number of aliphatic hydroxyl groups is 1. The van der Waals surface area contributed by atoms with E-state index in [9.17, 15) is 23.5 Å². The van der Waals surface area contributed by atoms with E-state index in [1.807, 2.05) is 0 Å². The second-order valence-electron chi connectivity index (χ2n) is 7.22. The number of thiophene rings is 1. The highest BCUT2D eigenvalue weighted by Crippen LogP contribution is 2.38. The number of ether oxygens (including phenoxy) is 1. The first-order chi connectivity index (χ1) is 14.7. The van der Waals surface area contributed by atoms with Gasteiger partial charge in [0.1, 0.15) is 5.69 Å². The summed E-state index contributed by atoms with van der Waals surface area (Å²) < 4.78 is 34.5. The standard InChI is InChI=1S/C20H14ClF2N3O4S/c1-26(19(28)12-4-14-11(24-12)5-15(21)31-14)13-6-30-20(29)17-16(13)7-2-9(22)10(23)3-8(7)18(27)25-17/h2-5,13,20,24,29H,6H2,1H3,(H,25,27). The lowest BCUT2D eigenvalue weighted by molar-refractivity contribution is -0.129. The molecular formula is C20H14ClF2N3O4S. The SMILES string of the molecule is CN(C(=O)c1cc2sc(Cl)cc2[nH]1)C1COC(O)c2[nH]c(=O)c3cc(F)c(F)cc3c21. The number of H-pyrrole nitrogens is 2. The van der Waals surface area contributed by atoms with Crippen molar-refractivity contribution >= 4 is 49.8 Å². The summed E-state index contributed by atoms with van der Waals surface area (Å²) in [7, 11) is 1.52. The summed E-state index contributed by atoms with van der Waals surface area (Å²) in [6, 6.07) is 4.30. The van der Waals surface area contributed by atoms with E-state index in [0.29, 0.717) is 15.6 Å². The van der Waals surface area contributed by atoms with Crippen LogP contribution in [0.3, 0.4) is 0 Å². The number of fused-ring (bicyclic) bond motifs is 4. The maximum atomic E-state index is 14.0. The van der Waals surface area contributed by atoms with E-state index >= 15 is 0 Å². The molecule has 0 spiro atoms. The fourth-order valence-electron chi connectivity index (χ4n) is 3.91. The van der Waals surface area contributed by atoms with Gasteiger partial charge in [0.25, 0.3) is 11.5 Å². The van der Waals surface area contributed by atoms with Gasteiger partial charge in [0.2, 0.25) is 0 Å². The second-order valence-corrected chi connectivity index (χ2v) is 8.94. The number of aromatic amines is 2. The molecule has 4 heterocycles. The molecule has 1 aromatic carbocycles. The van der Waals surface area contributed by atoms with Crippen LogP contribution in [-0.2, 0) is 4.74 Å². The number of likely N-dealkylation sites (N-methyl/N-ethyl adjacent to an activating group) is 1. The normalized spacial score (nSPS) is 18.5. The van der Waals surface area contributed by atoms with Crippen LogP contribution in [-0.4, -0.2) is 39.5 Å². The molecule has 31 heavy (non-hydrogen) atoms. The van der Waals surface area contributed by atoms with Crippen molar-refractivity contribution in [2.24, 2.45) is 0 Å². The maximum Gasteiger partial charge on any atom is 0.270 e. The van der Waals surface area contributed by atoms with Gasteiger partial charge in [-0.1, -0.05) is 11.6 Å². The molecule has 5 rings (SSSR count). The average Bonchev–Trinajstić information content (AvgIpc) is 3.27. The number of halogens is 3. The Bertz CT molecular complexity index is 1400. The highest BCUT2D eigenvalue weighted by atomic mass is 35.5. The summed E-state index contributed by atoms with van der Waals surface area (Å²) in [6.45, 7) is -0.114. The van der Waals surface area contributed by atoms with E-state index in [-0.39, 0.29) is 23.1 Å². The van der Waals surface area contributed by atoms with Crippen LogP contribution in [0.2, 0.25) is 4.34 Å². The molecule has 7 nitrogen and oxygen atoms in total. The van der Waals surface area contributed by atoms with Crippen molar-refractivity contribution < 1.29 is 23.4 Å². The Kier molecular flexibility index (Phi) is 4.63. The van der Waals surface area contributed by atoms with Gasteiger partial charge >= 0.3 is 0 Å². The number of carbonyl (C=O) groups is 1. The second kappa shape index (κ2) is 7.13. The number of nitrogens with zero attached hydrogens (tertiary/aromatic N) is 1. The first-order valence-electron chi connectivity index (χ1n) is 9.14. The van der Waals surface area contributed by atoms with Crippen LogP contribution in [0.25, 0.3) is 21.0 Å². The highest BCUT2D eigenvalue weighted by Gasteiger charge is 2.35. The number of carbonyl (C=O) groups excluding carboxylic acids is 1. The summed E-state index contributed by atoms with van der Waals surface area (Å²) in [4.78, 5) is 32.4. The number of amides is 1. The predicted molar refractivity (Wildman–Crippen MR) is 111 cm³/mol. The largest absolute Gasteiger partial charge is 0.363 e. The zero-order chi connectivity index (χ0) is 22.0. The average molecular weight is 466 g/mol. The van der Waals surface area contributed by atoms with Crippen molar-refractivity contribution in [2.75, 3.05) is 13.7 Å². The molecule has 1 aliphatic heterocycles. The van der Waals surface area contributed by atoms with E-state index < -0.39 is 35.4 Å². The van der Waals surface area contributed by atoms with Crippen molar-refractivity contribution in [1.29, 1.82) is 0 Å². The van der Waals surface area contributed by atoms with Gasteiger partial charge in [-0.2, -0.15) is 0 Å². The monoisotopic (exact) mass is 465 g/mol. The zero-order valence-corrected chi connectivity index (χ0v) is 17.4. The van der Waals surface area contributed by atoms with Gasteiger partial charge in [0, 0.05) is 12.6 Å². The molecular weight excluding hydrogens is 452 g/mol. The van der Waals surface area contributed by atoms with Crippen molar-refractivity contribution in [3.63, 3.8) is 0 Å². The van der Waals surface area contributed by atoms with Gasteiger partial charge in [-0.3, -0.25) is 9.59 Å². The van der Waals surface area contributed by atoms with Crippen LogP contribution in [0, 0.1) is 11.6 Å². The molecule has 3 N–H and O–H groups in total. The molecule has 0 saturated carbocycles. The number of aromatic nitrogens is 2. The maximum absolute atomic E-state index is 14.0. The lowest BCUT2D eigenvalue weighted by Gasteiger charge is -2.35. The van der Waals surface area contributed by atoms with Gasteiger partial charge in [-0.05, 0) is 29.7 Å². The Morgan fingerprint density at radius 3 is 2.65 bits per heavy atom. The fourth-order valence-corrected chi connectivity index (χ4v) is 5.05. The summed E-state index contributed by atoms with van der Waals surface area (Å²) in [5.41, 5.74) is 0.610. The topological polar surface area (TPSA) is 98.4 Å². The van der Waals surface area contributed by atoms with Crippen molar-refractivity contribution in [1.82, 2.24) is 14.9 Å². The van der Waals surface area contributed by atoms with Gasteiger partial charge < -0.3 is 24.7 Å². The van der Waals surface area contributed by atoms with E-state index in [4.69, 9.17) is 16.3 Å². The van der Waals surface area contributed by atoms with Crippen molar-refractivity contribution in [3.05, 3.63) is 67.5 Å². The zero-order valence-electron chi connectivity index (χ0n) is 15.8. The molecule has 0 aliphatic carbocycles. The molecule has 0 bridgehead atoms. The lowest BCUT2D eigenvalue weighted by atomic mass is 9.94. The van der Waals surface area contributed by atoms with Crippen molar-refractivity contribution in [3.8, 4) is 0 Å². The van der Waals surface area contributed by atoms with Gasteiger partial charge in [-0.25, -0.2) is 8.78 Å². The molecule has 160 valence electrons. The smallest absolute Gasteiger partial charge is 0.270 e. The third-order valence-electron chi connectivity index (χ3n) is 5.42. The lowest BCUT2D eigenvalue weighted by Crippen LogP contribution is -2.39. The third-order valence-corrected chi connectivity index (χ3v) is 6.63. The molecule has 0 saturated heterocycles. The molecule has 11 heteroatoms. The first-order valence-corrected chi connectivity index (χ1v) is 10.3. The van der Waals surface area contributed by atoms with Crippen LogP contribution in [0.5, 0.6) is 0 Å². The summed E-state index contributed by atoms with van der Waals surface area (Å²) >= 11 is 7.30. The van der Waals surface area contributed by atoms with Gasteiger partial charge in [0.05, 0.1) is 38.3 Å². The quantitative estimate of drug-likeness (QED) is 0.419. The molecule has 2 atom stereocenters. The molecule has 0 radical (unpaired) electrons. The van der Waals surface area contributed by atoms with Crippen LogP contribution >= 0.6 is 22.9 Å². The first kappa shape index (κ1) is 20.1. The molecule has 0 fully saturated rings. The van der Waals surface area contributed by atoms with Crippen molar-refractivity contribution in [2.45, 2.75) is 12.3 Å². The minimum atomic E-state index is -1.47. The molecule has 2 unspecified atom stereocenters. The Balaban J connectivity index is 1.64. The number of pyridine rings is 1. The minimum Gasteiger partial charge on any atom is -0.363 e. The third kappa shape index (κ3) is 3.14. The number of hydrogen-bond acceptors (Lipinski definition) is 5. The Hall–Kier alpha value is -2.79. The van der Waals surface area contributed by atoms with E-state index in [1.54, 1.807) is 12.1 Å². The number of aliphatic hydroxyl groups excluding tert-OH is 1. The summed E-state index contributed by atoms with van der Waals surface area (Å²) in [6.07, 6.45) is -1.47.